The molecule has 0 aliphatic rings. The molecule has 1 unspecified atom stereocenters. The summed E-state index contributed by atoms with van der Waals surface area (Å²) in [7, 11) is 0. The molecule has 0 spiro atoms. The van der Waals surface area contributed by atoms with E-state index in [0.717, 1.165) is 17.1 Å². The number of nitrogens with two attached hydrogens (primary N) is 1. The number of rotatable bonds is 3. The molecule has 0 aliphatic carbocycles. The second-order valence-corrected chi connectivity index (χ2v) is 4.55. The minimum Gasteiger partial charge on any atom is -0.328 e. The van der Waals surface area contributed by atoms with Gasteiger partial charge in [-0.2, -0.15) is 0 Å². The number of nitrogens with zero attached hydrogens (tertiary/aromatic N) is 1. The van der Waals surface area contributed by atoms with E-state index >= 15 is 0 Å². The second-order valence-electron chi connectivity index (χ2n) is 3.69. The van der Waals surface area contributed by atoms with Crippen LogP contribution >= 0.6 is 11.3 Å². The van der Waals surface area contributed by atoms with Crippen LogP contribution in [-0.2, 0) is 6.42 Å². The van der Waals surface area contributed by atoms with Crippen LogP contribution in [0.1, 0.15) is 12.6 Å². The van der Waals surface area contributed by atoms with Gasteiger partial charge in [-0.15, -0.1) is 11.3 Å². The normalized spacial score (nSPS) is 12.7. The molecule has 15 heavy (non-hydrogen) atoms. The highest BCUT2D eigenvalue weighted by molar-refractivity contribution is 7.13. The highest BCUT2D eigenvalue weighted by Gasteiger charge is 2.05. The van der Waals surface area contributed by atoms with Crippen LogP contribution in [0.2, 0.25) is 0 Å². The van der Waals surface area contributed by atoms with Crippen molar-refractivity contribution < 1.29 is 0 Å². The van der Waals surface area contributed by atoms with E-state index in [1.165, 1.54) is 5.56 Å². The second kappa shape index (κ2) is 4.55. The van der Waals surface area contributed by atoms with Gasteiger partial charge >= 0.3 is 0 Å². The third-order valence-electron chi connectivity index (χ3n) is 2.10. The van der Waals surface area contributed by atoms with Crippen LogP contribution in [0.5, 0.6) is 0 Å². The average molecular weight is 218 g/mol. The van der Waals surface area contributed by atoms with E-state index in [1.807, 2.05) is 25.1 Å². The minimum absolute atomic E-state index is 0.177. The molecular formula is C12H14N2S. The van der Waals surface area contributed by atoms with E-state index in [-0.39, 0.29) is 6.04 Å². The summed E-state index contributed by atoms with van der Waals surface area (Å²) >= 11 is 1.68. The fourth-order valence-corrected chi connectivity index (χ4v) is 2.28. The predicted octanol–water partition coefficient (Wildman–Crippen LogP) is 2.70. The molecule has 2 aromatic rings. The monoisotopic (exact) mass is 218 g/mol. The Hall–Kier alpha value is -1.19. The van der Waals surface area contributed by atoms with Crippen LogP contribution < -0.4 is 5.73 Å². The molecule has 1 heterocycles. The van der Waals surface area contributed by atoms with Crippen molar-refractivity contribution in [2.75, 3.05) is 0 Å². The predicted molar refractivity (Wildman–Crippen MR) is 64.9 cm³/mol. The Morgan fingerprint density at radius 3 is 2.73 bits per heavy atom. The first kappa shape index (κ1) is 10.3. The zero-order chi connectivity index (χ0) is 10.7. The Balaban J connectivity index is 2.21. The Bertz CT molecular complexity index is 420. The van der Waals surface area contributed by atoms with Gasteiger partial charge in [-0.05, 0) is 6.92 Å². The molecule has 0 aliphatic heterocycles. The molecule has 0 amide bonds. The molecule has 2 rings (SSSR count). The molecule has 78 valence electrons. The number of benzene rings is 1. The first-order chi connectivity index (χ1) is 7.25. The van der Waals surface area contributed by atoms with E-state index in [1.54, 1.807) is 11.3 Å². The number of hydrogen-bond acceptors (Lipinski definition) is 3. The molecule has 1 aromatic heterocycles. The molecule has 1 atom stereocenters. The largest absolute Gasteiger partial charge is 0.328 e. The molecular weight excluding hydrogens is 204 g/mol. The number of thiazole rings is 1. The smallest absolute Gasteiger partial charge is 0.123 e. The Morgan fingerprint density at radius 1 is 1.33 bits per heavy atom. The summed E-state index contributed by atoms with van der Waals surface area (Å²) in [4.78, 5) is 4.56. The molecule has 2 nitrogen and oxygen atoms in total. The van der Waals surface area contributed by atoms with Crippen molar-refractivity contribution in [3.8, 4) is 10.6 Å². The van der Waals surface area contributed by atoms with Gasteiger partial charge in [0.05, 0.1) is 5.69 Å². The van der Waals surface area contributed by atoms with Crippen molar-refractivity contribution in [2.45, 2.75) is 19.4 Å². The molecule has 0 bridgehead atoms. The highest BCUT2D eigenvalue weighted by Crippen LogP contribution is 2.23. The maximum atomic E-state index is 5.74. The lowest BCUT2D eigenvalue weighted by atomic mass is 10.2. The SMILES string of the molecule is CC(N)Cc1csc(-c2ccccc2)n1. The van der Waals surface area contributed by atoms with E-state index in [0.29, 0.717) is 0 Å². The lowest BCUT2D eigenvalue weighted by molar-refractivity contribution is 0.726. The molecule has 2 N–H and O–H groups in total. The topological polar surface area (TPSA) is 38.9 Å². The van der Waals surface area contributed by atoms with Gasteiger partial charge in [0.25, 0.3) is 0 Å². The quantitative estimate of drug-likeness (QED) is 0.860. The first-order valence-corrected chi connectivity index (χ1v) is 5.89. The summed E-state index contributed by atoms with van der Waals surface area (Å²) in [5, 5.41) is 3.16. The minimum atomic E-state index is 0.177. The number of aromatic nitrogens is 1. The third kappa shape index (κ3) is 2.64. The molecule has 0 saturated heterocycles. The molecule has 0 radical (unpaired) electrons. The van der Waals surface area contributed by atoms with Crippen LogP contribution in [0, 0.1) is 0 Å². The summed E-state index contributed by atoms with van der Waals surface area (Å²) in [5.74, 6) is 0. The van der Waals surface area contributed by atoms with Crippen molar-refractivity contribution >= 4 is 11.3 Å². The van der Waals surface area contributed by atoms with Crippen LogP contribution in [0.3, 0.4) is 0 Å². The number of hydrogen-bond donors (Lipinski definition) is 1. The van der Waals surface area contributed by atoms with E-state index in [4.69, 9.17) is 5.73 Å². The molecule has 1 aromatic carbocycles. The molecule has 3 heteroatoms. The maximum Gasteiger partial charge on any atom is 0.123 e. The van der Waals surface area contributed by atoms with E-state index in [9.17, 15) is 0 Å². The third-order valence-corrected chi connectivity index (χ3v) is 3.04. The lowest BCUT2D eigenvalue weighted by Gasteiger charge is -1.99. The summed E-state index contributed by atoms with van der Waals surface area (Å²) in [6.07, 6.45) is 0.851. The van der Waals surface area contributed by atoms with Gasteiger partial charge in [0.15, 0.2) is 0 Å². The van der Waals surface area contributed by atoms with Crippen LogP contribution in [0.15, 0.2) is 35.7 Å². The van der Waals surface area contributed by atoms with E-state index < -0.39 is 0 Å². The van der Waals surface area contributed by atoms with Gasteiger partial charge in [0.2, 0.25) is 0 Å². The Labute approximate surface area is 93.8 Å². The van der Waals surface area contributed by atoms with Gasteiger partial charge in [-0.3, -0.25) is 0 Å². The van der Waals surface area contributed by atoms with E-state index in [2.05, 4.69) is 22.5 Å². The Kier molecular flexibility index (Phi) is 3.14. The van der Waals surface area contributed by atoms with Gasteiger partial charge in [-0.1, -0.05) is 30.3 Å². The average Bonchev–Trinajstić information content (AvgIpc) is 2.67. The molecule has 0 saturated carbocycles. The van der Waals surface area contributed by atoms with Gasteiger partial charge in [0.1, 0.15) is 5.01 Å². The maximum absolute atomic E-state index is 5.74. The zero-order valence-corrected chi connectivity index (χ0v) is 9.50. The lowest BCUT2D eigenvalue weighted by Crippen LogP contribution is -2.17. The molecule has 0 fully saturated rings. The van der Waals surface area contributed by atoms with Crippen molar-refractivity contribution in [2.24, 2.45) is 5.73 Å². The van der Waals surface area contributed by atoms with Crippen LogP contribution in [0.25, 0.3) is 10.6 Å². The van der Waals surface area contributed by atoms with Gasteiger partial charge in [0, 0.05) is 23.4 Å². The standard InChI is InChI=1S/C12H14N2S/c1-9(13)7-11-8-15-12(14-11)10-5-3-2-4-6-10/h2-6,8-9H,7,13H2,1H3. The van der Waals surface area contributed by atoms with Crippen molar-refractivity contribution in [3.63, 3.8) is 0 Å². The van der Waals surface area contributed by atoms with Crippen molar-refractivity contribution in [1.29, 1.82) is 0 Å². The summed E-state index contributed by atoms with van der Waals surface area (Å²) in [6, 6.07) is 10.4. The fraction of sp³-hybridized carbons (Fsp3) is 0.250. The highest BCUT2D eigenvalue weighted by atomic mass is 32.1. The van der Waals surface area contributed by atoms with Gasteiger partial charge < -0.3 is 5.73 Å². The fourth-order valence-electron chi connectivity index (χ4n) is 1.44. The first-order valence-electron chi connectivity index (χ1n) is 5.01. The summed E-state index contributed by atoms with van der Waals surface area (Å²) in [5.41, 5.74) is 8.01. The Morgan fingerprint density at radius 2 is 2.07 bits per heavy atom. The van der Waals surface area contributed by atoms with Crippen molar-refractivity contribution in [3.05, 3.63) is 41.4 Å². The van der Waals surface area contributed by atoms with Crippen LogP contribution in [0.4, 0.5) is 0 Å². The van der Waals surface area contributed by atoms with Gasteiger partial charge in [-0.25, -0.2) is 4.98 Å². The summed E-state index contributed by atoms with van der Waals surface area (Å²) < 4.78 is 0. The zero-order valence-electron chi connectivity index (χ0n) is 8.68. The van der Waals surface area contributed by atoms with Crippen LogP contribution in [-0.4, -0.2) is 11.0 Å². The summed E-state index contributed by atoms with van der Waals surface area (Å²) in [6.45, 7) is 2.00. The van der Waals surface area contributed by atoms with Crippen molar-refractivity contribution in [1.82, 2.24) is 4.98 Å².